The lowest BCUT2D eigenvalue weighted by Gasteiger charge is -2.23. The normalized spacial score (nSPS) is 11.2. The number of nitrogens with one attached hydrogen (secondary N) is 1. The van der Waals surface area contributed by atoms with Gasteiger partial charge in [-0.15, -0.1) is 0 Å². The Balaban J connectivity index is 2.41. The second-order valence-electron chi connectivity index (χ2n) is 5.33. The maximum absolute atomic E-state index is 5.56. The SMILES string of the molecule is COc1c(Nc2ncccn2)cccc1C(C)(C)C. The summed E-state index contributed by atoms with van der Waals surface area (Å²) in [5.41, 5.74) is 2.04. The van der Waals surface area contributed by atoms with Crippen molar-refractivity contribution in [2.45, 2.75) is 26.2 Å². The Morgan fingerprint density at radius 1 is 1.05 bits per heavy atom. The first-order valence-electron chi connectivity index (χ1n) is 6.24. The largest absolute Gasteiger partial charge is 0.494 e. The fourth-order valence-electron chi connectivity index (χ4n) is 1.93. The van der Waals surface area contributed by atoms with E-state index in [-0.39, 0.29) is 5.41 Å². The number of rotatable bonds is 3. The Labute approximate surface area is 113 Å². The molecule has 100 valence electrons. The lowest BCUT2D eigenvalue weighted by Crippen LogP contribution is -2.13. The quantitative estimate of drug-likeness (QED) is 0.913. The molecule has 4 heteroatoms. The number of methoxy groups -OCH3 is 1. The summed E-state index contributed by atoms with van der Waals surface area (Å²) in [6.45, 7) is 6.48. The van der Waals surface area contributed by atoms with Gasteiger partial charge in [-0.3, -0.25) is 0 Å². The van der Waals surface area contributed by atoms with E-state index in [0.717, 1.165) is 17.0 Å². The predicted molar refractivity (Wildman–Crippen MR) is 77.0 cm³/mol. The van der Waals surface area contributed by atoms with E-state index in [1.807, 2.05) is 12.1 Å². The molecular formula is C15H19N3O. The molecule has 0 aliphatic heterocycles. The Hall–Kier alpha value is -2.10. The van der Waals surface area contributed by atoms with Gasteiger partial charge in [-0.25, -0.2) is 9.97 Å². The Kier molecular flexibility index (Phi) is 3.69. The predicted octanol–water partition coefficient (Wildman–Crippen LogP) is 3.53. The van der Waals surface area contributed by atoms with Crippen LogP contribution in [0.5, 0.6) is 5.75 Å². The molecular weight excluding hydrogens is 238 g/mol. The average Bonchev–Trinajstić information content (AvgIpc) is 2.38. The zero-order valence-electron chi connectivity index (χ0n) is 11.8. The van der Waals surface area contributed by atoms with E-state index in [9.17, 15) is 0 Å². The highest BCUT2D eigenvalue weighted by molar-refractivity contribution is 5.66. The van der Waals surface area contributed by atoms with Gasteiger partial charge in [-0.1, -0.05) is 32.9 Å². The Bertz CT molecular complexity index is 547. The third kappa shape index (κ3) is 3.02. The van der Waals surface area contributed by atoms with Crippen LogP contribution >= 0.6 is 0 Å². The third-order valence-corrected chi connectivity index (χ3v) is 2.84. The first-order valence-corrected chi connectivity index (χ1v) is 6.24. The summed E-state index contributed by atoms with van der Waals surface area (Å²) in [4.78, 5) is 8.33. The van der Waals surface area contributed by atoms with Gasteiger partial charge in [0.25, 0.3) is 0 Å². The highest BCUT2D eigenvalue weighted by atomic mass is 16.5. The highest BCUT2D eigenvalue weighted by Crippen LogP contribution is 2.37. The Morgan fingerprint density at radius 3 is 2.32 bits per heavy atom. The number of hydrogen-bond donors (Lipinski definition) is 1. The van der Waals surface area contributed by atoms with Crippen molar-refractivity contribution in [2.24, 2.45) is 0 Å². The van der Waals surface area contributed by atoms with Gasteiger partial charge in [0.1, 0.15) is 5.75 Å². The van der Waals surface area contributed by atoms with E-state index in [0.29, 0.717) is 5.95 Å². The van der Waals surface area contributed by atoms with Crippen LogP contribution in [0.25, 0.3) is 0 Å². The lowest BCUT2D eigenvalue weighted by atomic mass is 9.86. The minimum absolute atomic E-state index is 0.0145. The molecule has 0 bridgehead atoms. The molecule has 0 radical (unpaired) electrons. The fourth-order valence-corrected chi connectivity index (χ4v) is 1.93. The zero-order chi connectivity index (χ0) is 13.9. The van der Waals surface area contributed by atoms with E-state index in [4.69, 9.17) is 4.74 Å². The van der Waals surface area contributed by atoms with Gasteiger partial charge in [-0.05, 0) is 17.5 Å². The smallest absolute Gasteiger partial charge is 0.227 e. The zero-order valence-corrected chi connectivity index (χ0v) is 11.8. The molecule has 0 saturated heterocycles. The first kappa shape index (κ1) is 13.3. The van der Waals surface area contributed by atoms with E-state index < -0.39 is 0 Å². The van der Waals surface area contributed by atoms with Crippen molar-refractivity contribution < 1.29 is 4.74 Å². The van der Waals surface area contributed by atoms with Crippen LogP contribution in [0.1, 0.15) is 26.3 Å². The molecule has 1 aromatic carbocycles. The third-order valence-electron chi connectivity index (χ3n) is 2.84. The summed E-state index contributed by atoms with van der Waals surface area (Å²) in [5.74, 6) is 1.40. The number of anilines is 2. The van der Waals surface area contributed by atoms with Gasteiger partial charge in [0, 0.05) is 18.0 Å². The minimum Gasteiger partial charge on any atom is -0.494 e. The lowest BCUT2D eigenvalue weighted by molar-refractivity contribution is 0.399. The molecule has 0 saturated carbocycles. The summed E-state index contributed by atoms with van der Waals surface area (Å²) >= 11 is 0. The molecule has 19 heavy (non-hydrogen) atoms. The van der Waals surface area contributed by atoms with Gasteiger partial charge >= 0.3 is 0 Å². The molecule has 0 fully saturated rings. The molecule has 1 heterocycles. The van der Waals surface area contributed by atoms with Gasteiger partial charge in [0.15, 0.2) is 0 Å². The molecule has 1 N–H and O–H groups in total. The summed E-state index contributed by atoms with van der Waals surface area (Å²) in [6.07, 6.45) is 3.41. The van der Waals surface area contributed by atoms with Gasteiger partial charge in [0.2, 0.25) is 5.95 Å². The van der Waals surface area contributed by atoms with Crippen molar-refractivity contribution in [3.05, 3.63) is 42.2 Å². The number of para-hydroxylation sites is 1. The number of hydrogen-bond acceptors (Lipinski definition) is 4. The van der Waals surface area contributed by atoms with E-state index in [1.165, 1.54) is 0 Å². The number of ether oxygens (including phenoxy) is 1. The van der Waals surface area contributed by atoms with Crippen LogP contribution in [-0.4, -0.2) is 17.1 Å². The number of aromatic nitrogens is 2. The molecule has 0 aliphatic carbocycles. The van der Waals surface area contributed by atoms with Crippen LogP contribution in [0.2, 0.25) is 0 Å². The standard InChI is InChI=1S/C15H19N3O/c1-15(2,3)11-7-5-8-12(13(11)19-4)18-14-16-9-6-10-17-14/h5-10H,1-4H3,(H,16,17,18). The monoisotopic (exact) mass is 257 g/mol. The number of benzene rings is 1. The molecule has 2 aromatic rings. The van der Waals surface area contributed by atoms with Crippen LogP contribution in [0.15, 0.2) is 36.7 Å². The summed E-state index contributed by atoms with van der Waals surface area (Å²) in [6, 6.07) is 7.84. The summed E-state index contributed by atoms with van der Waals surface area (Å²) in [7, 11) is 1.68. The van der Waals surface area contributed by atoms with E-state index in [1.54, 1.807) is 25.6 Å². The van der Waals surface area contributed by atoms with Gasteiger partial charge in [0.05, 0.1) is 12.8 Å². The van der Waals surface area contributed by atoms with Crippen molar-refractivity contribution >= 4 is 11.6 Å². The van der Waals surface area contributed by atoms with Crippen molar-refractivity contribution in [3.63, 3.8) is 0 Å². The van der Waals surface area contributed by atoms with Crippen molar-refractivity contribution in [1.29, 1.82) is 0 Å². The minimum atomic E-state index is 0.0145. The van der Waals surface area contributed by atoms with Crippen molar-refractivity contribution in [1.82, 2.24) is 9.97 Å². The average molecular weight is 257 g/mol. The molecule has 0 atom stereocenters. The Morgan fingerprint density at radius 2 is 1.74 bits per heavy atom. The van der Waals surface area contributed by atoms with Crippen LogP contribution in [0.4, 0.5) is 11.6 Å². The van der Waals surface area contributed by atoms with Crippen molar-refractivity contribution in [2.75, 3.05) is 12.4 Å². The van der Waals surface area contributed by atoms with Crippen LogP contribution in [0, 0.1) is 0 Å². The fraction of sp³-hybridized carbons (Fsp3) is 0.333. The van der Waals surface area contributed by atoms with Crippen LogP contribution < -0.4 is 10.1 Å². The summed E-state index contributed by atoms with van der Waals surface area (Å²) < 4.78 is 5.56. The topological polar surface area (TPSA) is 47.0 Å². The molecule has 2 rings (SSSR count). The maximum atomic E-state index is 5.56. The molecule has 1 aromatic heterocycles. The molecule has 0 spiro atoms. The maximum Gasteiger partial charge on any atom is 0.227 e. The van der Waals surface area contributed by atoms with E-state index in [2.05, 4.69) is 42.1 Å². The summed E-state index contributed by atoms with van der Waals surface area (Å²) in [5, 5.41) is 3.19. The van der Waals surface area contributed by atoms with Crippen LogP contribution in [-0.2, 0) is 5.41 Å². The highest BCUT2D eigenvalue weighted by Gasteiger charge is 2.21. The van der Waals surface area contributed by atoms with Gasteiger partial charge in [-0.2, -0.15) is 0 Å². The first-order chi connectivity index (χ1) is 9.02. The van der Waals surface area contributed by atoms with Crippen LogP contribution in [0.3, 0.4) is 0 Å². The number of nitrogens with zero attached hydrogens (tertiary/aromatic N) is 2. The molecule has 4 nitrogen and oxygen atoms in total. The van der Waals surface area contributed by atoms with Gasteiger partial charge < -0.3 is 10.1 Å². The van der Waals surface area contributed by atoms with Crippen molar-refractivity contribution in [3.8, 4) is 5.75 Å². The second-order valence-corrected chi connectivity index (χ2v) is 5.33. The van der Waals surface area contributed by atoms with E-state index >= 15 is 0 Å². The molecule has 0 aliphatic rings. The molecule has 0 unspecified atom stereocenters. The second kappa shape index (κ2) is 5.26. The molecule has 0 amide bonds.